The Morgan fingerprint density at radius 2 is 2.00 bits per heavy atom. The van der Waals surface area contributed by atoms with Gasteiger partial charge in [-0.2, -0.15) is 0 Å². The molecule has 0 aliphatic rings. The number of halogens is 1. The molecular formula is C19H15ClN4O3. The van der Waals surface area contributed by atoms with E-state index in [9.17, 15) is 14.7 Å². The standard InChI is InChI=1S/C19H15ClN4O3/c20-14-7-11(19(26)27)8-16-18(14)13-9-12(23-6-4-22-10-23)1-2-15(13)24(16)5-3-17(21)25/h1-2,4,6-10H,3,5H2,(H2,21,25)(H,26,27). The summed E-state index contributed by atoms with van der Waals surface area (Å²) in [6.07, 6.45) is 5.35. The molecule has 8 heteroatoms. The fraction of sp³-hybridized carbons (Fsp3) is 0.105. The van der Waals surface area contributed by atoms with Crippen LogP contribution >= 0.6 is 11.6 Å². The van der Waals surface area contributed by atoms with Crippen molar-refractivity contribution in [1.82, 2.24) is 14.1 Å². The van der Waals surface area contributed by atoms with Crippen molar-refractivity contribution >= 4 is 45.3 Å². The second-order valence-corrected chi connectivity index (χ2v) is 6.60. The predicted octanol–water partition coefficient (Wildman–Crippen LogP) is 3.21. The Hall–Kier alpha value is -3.32. The number of carboxylic acids is 1. The van der Waals surface area contributed by atoms with E-state index in [0.29, 0.717) is 17.1 Å². The molecule has 0 saturated carbocycles. The third kappa shape index (κ3) is 2.92. The topological polar surface area (TPSA) is 103 Å². The van der Waals surface area contributed by atoms with E-state index in [1.165, 1.54) is 6.07 Å². The predicted molar refractivity (Wildman–Crippen MR) is 102 cm³/mol. The van der Waals surface area contributed by atoms with Gasteiger partial charge in [0.25, 0.3) is 0 Å². The Bertz CT molecular complexity index is 1200. The quantitative estimate of drug-likeness (QED) is 0.553. The van der Waals surface area contributed by atoms with Crippen LogP contribution in [0.5, 0.6) is 0 Å². The molecular weight excluding hydrogens is 368 g/mol. The molecule has 0 aliphatic heterocycles. The summed E-state index contributed by atoms with van der Waals surface area (Å²) in [6, 6.07) is 8.82. The van der Waals surface area contributed by atoms with Gasteiger partial charge in [-0.05, 0) is 30.3 Å². The molecule has 27 heavy (non-hydrogen) atoms. The summed E-state index contributed by atoms with van der Waals surface area (Å²) >= 11 is 6.45. The van der Waals surface area contributed by atoms with E-state index in [1.54, 1.807) is 18.6 Å². The third-order valence-electron chi connectivity index (χ3n) is 4.53. The molecule has 3 N–H and O–H groups in total. The SMILES string of the molecule is NC(=O)CCn1c2ccc(-n3ccnc3)cc2c2c(Cl)cc(C(=O)O)cc21. The molecule has 1 amide bonds. The van der Waals surface area contributed by atoms with Crippen molar-refractivity contribution in [2.45, 2.75) is 13.0 Å². The summed E-state index contributed by atoms with van der Waals surface area (Å²) in [5, 5.41) is 11.3. The second-order valence-electron chi connectivity index (χ2n) is 6.20. The van der Waals surface area contributed by atoms with Gasteiger partial charge in [0.2, 0.25) is 5.91 Å². The van der Waals surface area contributed by atoms with Crippen LogP contribution in [0.25, 0.3) is 27.5 Å². The summed E-state index contributed by atoms with van der Waals surface area (Å²) < 4.78 is 3.75. The van der Waals surface area contributed by atoms with Crippen molar-refractivity contribution in [1.29, 1.82) is 0 Å². The Morgan fingerprint density at radius 1 is 1.19 bits per heavy atom. The highest BCUT2D eigenvalue weighted by atomic mass is 35.5. The fourth-order valence-corrected chi connectivity index (χ4v) is 3.64. The van der Waals surface area contributed by atoms with Gasteiger partial charge in [0, 0.05) is 47.3 Å². The molecule has 0 spiro atoms. The Labute approximate surface area is 158 Å². The first kappa shape index (κ1) is 17.1. The average Bonchev–Trinajstić information content (AvgIpc) is 3.25. The van der Waals surface area contributed by atoms with Crippen molar-refractivity contribution in [3.05, 3.63) is 59.6 Å². The highest BCUT2D eigenvalue weighted by Gasteiger charge is 2.17. The molecule has 2 heterocycles. The zero-order valence-electron chi connectivity index (χ0n) is 14.1. The molecule has 2 aromatic carbocycles. The van der Waals surface area contributed by atoms with Crippen molar-refractivity contribution in [3.63, 3.8) is 0 Å². The second kappa shape index (κ2) is 6.44. The number of aromatic nitrogens is 3. The maximum absolute atomic E-state index is 11.4. The zero-order valence-corrected chi connectivity index (χ0v) is 14.8. The Morgan fingerprint density at radius 3 is 2.67 bits per heavy atom. The minimum Gasteiger partial charge on any atom is -0.478 e. The summed E-state index contributed by atoms with van der Waals surface area (Å²) in [5.41, 5.74) is 7.79. The van der Waals surface area contributed by atoms with E-state index in [4.69, 9.17) is 17.3 Å². The fourth-order valence-electron chi connectivity index (χ4n) is 3.32. The number of hydrogen-bond donors (Lipinski definition) is 2. The van der Waals surface area contributed by atoms with Crippen LogP contribution in [-0.4, -0.2) is 31.1 Å². The molecule has 0 bridgehead atoms. The minimum absolute atomic E-state index is 0.0884. The minimum atomic E-state index is -1.07. The first-order chi connectivity index (χ1) is 13.0. The molecule has 136 valence electrons. The van der Waals surface area contributed by atoms with Crippen LogP contribution in [0.3, 0.4) is 0 Å². The van der Waals surface area contributed by atoms with E-state index >= 15 is 0 Å². The first-order valence-corrected chi connectivity index (χ1v) is 8.59. The van der Waals surface area contributed by atoms with Gasteiger partial charge in [0.05, 0.1) is 22.4 Å². The number of rotatable bonds is 5. The summed E-state index contributed by atoms with van der Waals surface area (Å²) in [5.74, 6) is -1.50. The highest BCUT2D eigenvalue weighted by molar-refractivity contribution is 6.38. The smallest absolute Gasteiger partial charge is 0.335 e. The van der Waals surface area contributed by atoms with E-state index < -0.39 is 11.9 Å². The van der Waals surface area contributed by atoms with Gasteiger partial charge >= 0.3 is 5.97 Å². The summed E-state index contributed by atoms with van der Waals surface area (Å²) in [4.78, 5) is 26.8. The van der Waals surface area contributed by atoms with Gasteiger partial charge in [-0.1, -0.05) is 11.6 Å². The molecule has 0 fully saturated rings. The van der Waals surface area contributed by atoms with Gasteiger partial charge in [-0.25, -0.2) is 9.78 Å². The number of carbonyl (C=O) groups excluding carboxylic acids is 1. The summed E-state index contributed by atoms with van der Waals surface area (Å²) in [6.45, 7) is 0.332. The van der Waals surface area contributed by atoms with Crippen molar-refractivity contribution in [3.8, 4) is 5.69 Å². The van der Waals surface area contributed by atoms with E-state index in [1.807, 2.05) is 33.5 Å². The van der Waals surface area contributed by atoms with E-state index in [2.05, 4.69) is 4.98 Å². The molecule has 2 aromatic heterocycles. The number of amides is 1. The number of imidazole rings is 1. The van der Waals surface area contributed by atoms with Gasteiger partial charge < -0.3 is 20.0 Å². The number of aryl methyl sites for hydroxylation is 1. The number of hydrogen-bond acceptors (Lipinski definition) is 3. The number of primary amides is 1. The number of nitrogens with two attached hydrogens (primary N) is 1. The third-order valence-corrected chi connectivity index (χ3v) is 4.83. The monoisotopic (exact) mass is 382 g/mol. The van der Waals surface area contributed by atoms with Crippen molar-refractivity contribution in [2.75, 3.05) is 0 Å². The lowest BCUT2D eigenvalue weighted by Crippen LogP contribution is -2.13. The van der Waals surface area contributed by atoms with Crippen LogP contribution in [0, 0.1) is 0 Å². The largest absolute Gasteiger partial charge is 0.478 e. The average molecular weight is 383 g/mol. The lowest BCUT2D eigenvalue weighted by molar-refractivity contribution is -0.118. The number of aromatic carboxylic acids is 1. The van der Waals surface area contributed by atoms with Crippen molar-refractivity contribution in [2.24, 2.45) is 5.73 Å². The molecule has 0 radical (unpaired) electrons. The lowest BCUT2D eigenvalue weighted by atomic mass is 10.1. The van der Waals surface area contributed by atoms with E-state index in [-0.39, 0.29) is 12.0 Å². The van der Waals surface area contributed by atoms with Crippen LogP contribution in [-0.2, 0) is 11.3 Å². The van der Waals surface area contributed by atoms with Crippen LogP contribution in [0.4, 0.5) is 0 Å². The Kier molecular flexibility index (Phi) is 4.08. The van der Waals surface area contributed by atoms with Crippen LogP contribution < -0.4 is 5.73 Å². The molecule has 0 unspecified atom stereocenters. The molecule has 7 nitrogen and oxygen atoms in total. The van der Waals surface area contributed by atoms with Crippen LogP contribution in [0.15, 0.2) is 49.1 Å². The number of carbonyl (C=O) groups is 2. The normalized spacial score (nSPS) is 11.3. The van der Waals surface area contributed by atoms with Crippen LogP contribution in [0.1, 0.15) is 16.8 Å². The van der Waals surface area contributed by atoms with Gasteiger partial charge in [-0.15, -0.1) is 0 Å². The van der Waals surface area contributed by atoms with Gasteiger partial charge in [-0.3, -0.25) is 4.79 Å². The molecule has 0 aliphatic carbocycles. The van der Waals surface area contributed by atoms with Crippen LogP contribution in [0.2, 0.25) is 5.02 Å². The number of carboxylic acid groups (broad SMARTS) is 1. The number of fused-ring (bicyclic) bond motifs is 3. The zero-order chi connectivity index (χ0) is 19.1. The van der Waals surface area contributed by atoms with E-state index in [0.717, 1.165) is 22.0 Å². The molecule has 4 rings (SSSR count). The number of benzene rings is 2. The molecule has 4 aromatic rings. The highest BCUT2D eigenvalue weighted by Crippen LogP contribution is 2.36. The first-order valence-electron chi connectivity index (χ1n) is 8.21. The maximum atomic E-state index is 11.4. The summed E-state index contributed by atoms with van der Waals surface area (Å²) in [7, 11) is 0. The maximum Gasteiger partial charge on any atom is 0.335 e. The molecule has 0 atom stereocenters. The van der Waals surface area contributed by atoms with Gasteiger partial charge in [0.15, 0.2) is 0 Å². The van der Waals surface area contributed by atoms with Crippen molar-refractivity contribution < 1.29 is 14.7 Å². The number of nitrogens with zero attached hydrogens (tertiary/aromatic N) is 3. The Balaban J connectivity index is 2.04. The van der Waals surface area contributed by atoms with Gasteiger partial charge in [0.1, 0.15) is 0 Å². The lowest BCUT2D eigenvalue weighted by Gasteiger charge is -2.07. The molecule has 0 saturated heterocycles.